The lowest BCUT2D eigenvalue weighted by Crippen LogP contribution is -1.98. The SMILES string of the molecule is Cc1occc1COc1ccc(Cc2cc(-c3cccnc3N)on2)cn1. The average Bonchev–Trinajstić information content (AvgIpc) is 3.30. The molecular weight excluding hydrogens is 344 g/mol. The molecule has 0 spiro atoms. The molecule has 0 aliphatic carbocycles. The third kappa shape index (κ3) is 3.82. The number of pyridine rings is 2. The molecule has 2 N–H and O–H groups in total. The monoisotopic (exact) mass is 362 g/mol. The minimum Gasteiger partial charge on any atom is -0.473 e. The Morgan fingerprint density at radius 1 is 1.15 bits per heavy atom. The number of hydrogen-bond acceptors (Lipinski definition) is 7. The van der Waals surface area contributed by atoms with Gasteiger partial charge in [-0.15, -0.1) is 0 Å². The van der Waals surface area contributed by atoms with Crippen LogP contribution in [0.3, 0.4) is 0 Å². The Morgan fingerprint density at radius 3 is 2.81 bits per heavy atom. The van der Waals surface area contributed by atoms with Crippen molar-refractivity contribution in [3.05, 3.63) is 77.6 Å². The first-order valence-corrected chi connectivity index (χ1v) is 8.46. The van der Waals surface area contributed by atoms with Gasteiger partial charge in [-0.3, -0.25) is 0 Å². The molecule has 0 saturated carbocycles. The predicted molar refractivity (Wildman–Crippen MR) is 99.0 cm³/mol. The standard InChI is InChI=1S/C20H18N4O3/c1-13-15(6-8-25-13)12-26-19-5-4-14(11-23-19)9-16-10-18(27-24-16)17-3-2-7-22-20(17)21/h2-8,10-11H,9,12H2,1H3,(H2,21,22). The maximum absolute atomic E-state index is 5.88. The molecule has 7 heteroatoms. The van der Waals surface area contributed by atoms with Crippen LogP contribution in [0, 0.1) is 6.92 Å². The van der Waals surface area contributed by atoms with Gasteiger partial charge in [-0.2, -0.15) is 0 Å². The Balaban J connectivity index is 1.40. The van der Waals surface area contributed by atoms with Crippen LogP contribution in [0.4, 0.5) is 5.82 Å². The zero-order valence-electron chi connectivity index (χ0n) is 14.8. The number of nitrogens with zero attached hydrogens (tertiary/aromatic N) is 3. The predicted octanol–water partition coefficient (Wildman–Crippen LogP) is 3.79. The van der Waals surface area contributed by atoms with E-state index < -0.39 is 0 Å². The molecule has 0 aliphatic heterocycles. The Morgan fingerprint density at radius 2 is 2.07 bits per heavy atom. The molecule has 0 bridgehead atoms. The highest BCUT2D eigenvalue weighted by molar-refractivity contribution is 5.69. The van der Waals surface area contributed by atoms with Gasteiger partial charge in [0.05, 0.1) is 17.5 Å². The van der Waals surface area contributed by atoms with Crippen LogP contribution in [0.15, 0.2) is 64.0 Å². The van der Waals surface area contributed by atoms with Crippen molar-refractivity contribution in [2.75, 3.05) is 5.73 Å². The number of anilines is 1. The lowest BCUT2D eigenvalue weighted by atomic mass is 10.1. The van der Waals surface area contributed by atoms with Crippen LogP contribution in [0.1, 0.15) is 22.6 Å². The smallest absolute Gasteiger partial charge is 0.213 e. The second-order valence-electron chi connectivity index (χ2n) is 6.09. The highest BCUT2D eigenvalue weighted by atomic mass is 16.5. The van der Waals surface area contributed by atoms with Crippen molar-refractivity contribution >= 4 is 5.82 Å². The number of ether oxygens (including phenoxy) is 1. The molecule has 0 fully saturated rings. The molecule has 0 atom stereocenters. The van der Waals surface area contributed by atoms with Crippen LogP contribution in [-0.2, 0) is 13.0 Å². The third-order valence-corrected chi connectivity index (χ3v) is 4.19. The Labute approximate surface area is 155 Å². The van der Waals surface area contributed by atoms with E-state index >= 15 is 0 Å². The van der Waals surface area contributed by atoms with Crippen molar-refractivity contribution in [2.24, 2.45) is 0 Å². The van der Waals surface area contributed by atoms with Gasteiger partial charge in [0, 0.05) is 36.5 Å². The van der Waals surface area contributed by atoms with Crippen molar-refractivity contribution < 1.29 is 13.7 Å². The lowest BCUT2D eigenvalue weighted by Gasteiger charge is -2.05. The fourth-order valence-corrected chi connectivity index (χ4v) is 2.67. The van der Waals surface area contributed by atoms with Crippen LogP contribution in [0.25, 0.3) is 11.3 Å². The van der Waals surface area contributed by atoms with Crippen LogP contribution >= 0.6 is 0 Å². The van der Waals surface area contributed by atoms with Gasteiger partial charge >= 0.3 is 0 Å². The summed E-state index contributed by atoms with van der Waals surface area (Å²) < 4.78 is 16.3. The van der Waals surface area contributed by atoms with Crippen molar-refractivity contribution in [3.8, 4) is 17.2 Å². The van der Waals surface area contributed by atoms with Gasteiger partial charge in [-0.25, -0.2) is 9.97 Å². The van der Waals surface area contributed by atoms with Crippen molar-refractivity contribution in [3.63, 3.8) is 0 Å². The van der Waals surface area contributed by atoms with Crippen LogP contribution in [-0.4, -0.2) is 15.1 Å². The molecule has 27 heavy (non-hydrogen) atoms. The van der Waals surface area contributed by atoms with E-state index in [1.54, 1.807) is 18.7 Å². The highest BCUT2D eigenvalue weighted by Crippen LogP contribution is 2.25. The van der Waals surface area contributed by atoms with E-state index in [1.165, 1.54) is 0 Å². The van der Waals surface area contributed by atoms with Crippen LogP contribution < -0.4 is 10.5 Å². The summed E-state index contributed by atoms with van der Waals surface area (Å²) in [6, 6.07) is 11.2. The fourth-order valence-electron chi connectivity index (χ4n) is 2.67. The summed E-state index contributed by atoms with van der Waals surface area (Å²) in [5, 5.41) is 4.10. The minimum absolute atomic E-state index is 0.413. The summed E-state index contributed by atoms with van der Waals surface area (Å²) in [6.07, 6.45) is 5.65. The molecule has 0 unspecified atom stereocenters. The first-order chi connectivity index (χ1) is 13.2. The van der Waals surface area contributed by atoms with E-state index in [2.05, 4.69) is 15.1 Å². The first kappa shape index (κ1) is 16.8. The van der Waals surface area contributed by atoms with Crippen LogP contribution in [0.2, 0.25) is 0 Å². The van der Waals surface area contributed by atoms with E-state index in [0.29, 0.717) is 30.5 Å². The minimum atomic E-state index is 0.413. The summed E-state index contributed by atoms with van der Waals surface area (Å²) in [7, 11) is 0. The van der Waals surface area contributed by atoms with E-state index in [0.717, 1.165) is 28.1 Å². The van der Waals surface area contributed by atoms with Gasteiger partial charge in [0.25, 0.3) is 0 Å². The van der Waals surface area contributed by atoms with Gasteiger partial charge in [0.2, 0.25) is 5.88 Å². The molecular formula is C20H18N4O3. The number of hydrogen-bond donors (Lipinski definition) is 1. The number of furan rings is 1. The van der Waals surface area contributed by atoms with Gasteiger partial charge in [-0.1, -0.05) is 11.2 Å². The Bertz CT molecular complexity index is 1040. The highest BCUT2D eigenvalue weighted by Gasteiger charge is 2.11. The van der Waals surface area contributed by atoms with E-state index in [1.807, 2.05) is 43.3 Å². The number of nitrogens with two attached hydrogens (primary N) is 1. The molecule has 4 aromatic heterocycles. The summed E-state index contributed by atoms with van der Waals surface area (Å²) in [4.78, 5) is 8.40. The number of rotatable bonds is 6. The maximum atomic E-state index is 5.88. The van der Waals surface area contributed by atoms with E-state index in [9.17, 15) is 0 Å². The Kier molecular flexibility index (Phi) is 4.57. The van der Waals surface area contributed by atoms with E-state index in [-0.39, 0.29) is 0 Å². The van der Waals surface area contributed by atoms with Gasteiger partial charge in [0.1, 0.15) is 18.2 Å². The molecule has 0 amide bonds. The molecule has 0 radical (unpaired) electrons. The van der Waals surface area contributed by atoms with Crippen LogP contribution in [0.5, 0.6) is 5.88 Å². The molecule has 0 aliphatic rings. The second kappa shape index (κ2) is 7.33. The van der Waals surface area contributed by atoms with Crippen molar-refractivity contribution in [1.82, 2.24) is 15.1 Å². The van der Waals surface area contributed by atoms with Gasteiger partial charge in [0.15, 0.2) is 5.76 Å². The third-order valence-electron chi connectivity index (χ3n) is 4.19. The number of nitrogen functional groups attached to an aromatic ring is 1. The summed E-state index contributed by atoms with van der Waals surface area (Å²) in [6.45, 7) is 2.33. The molecule has 4 aromatic rings. The number of aromatic nitrogens is 3. The number of aryl methyl sites for hydroxylation is 1. The molecule has 4 heterocycles. The molecule has 0 saturated heterocycles. The van der Waals surface area contributed by atoms with Gasteiger partial charge < -0.3 is 19.4 Å². The van der Waals surface area contributed by atoms with Crippen molar-refractivity contribution in [1.29, 1.82) is 0 Å². The molecule has 7 nitrogen and oxygen atoms in total. The largest absolute Gasteiger partial charge is 0.473 e. The molecule has 4 rings (SSSR count). The average molecular weight is 362 g/mol. The summed E-state index contributed by atoms with van der Waals surface area (Å²) in [5.74, 6) is 2.42. The lowest BCUT2D eigenvalue weighted by molar-refractivity contribution is 0.291. The van der Waals surface area contributed by atoms with Crippen molar-refractivity contribution in [2.45, 2.75) is 20.0 Å². The van der Waals surface area contributed by atoms with E-state index in [4.69, 9.17) is 19.4 Å². The summed E-state index contributed by atoms with van der Waals surface area (Å²) in [5.41, 5.74) is 9.40. The zero-order chi connectivity index (χ0) is 18.6. The Hall–Kier alpha value is -3.61. The van der Waals surface area contributed by atoms with Gasteiger partial charge in [-0.05, 0) is 30.7 Å². The summed E-state index contributed by atoms with van der Waals surface area (Å²) >= 11 is 0. The fraction of sp³-hybridized carbons (Fsp3) is 0.150. The molecule has 136 valence electrons. The molecule has 0 aromatic carbocycles. The topological polar surface area (TPSA) is 100 Å². The maximum Gasteiger partial charge on any atom is 0.213 e. The first-order valence-electron chi connectivity index (χ1n) is 8.46. The normalized spacial score (nSPS) is 10.9. The second-order valence-corrected chi connectivity index (χ2v) is 6.09. The quantitative estimate of drug-likeness (QED) is 0.557. The zero-order valence-corrected chi connectivity index (χ0v) is 14.8.